The summed E-state index contributed by atoms with van der Waals surface area (Å²) >= 11 is 6.03. The third-order valence-electron chi connectivity index (χ3n) is 2.25. The number of halogens is 1. The van der Waals surface area contributed by atoms with Crippen LogP contribution in [0, 0.1) is 6.92 Å². The van der Waals surface area contributed by atoms with Crippen LogP contribution in [-0.4, -0.2) is 5.16 Å². The molecular weight excluding hydrogens is 224 g/mol. The average Bonchev–Trinajstić information content (AvgIpc) is 2.67. The molecule has 0 unspecified atom stereocenters. The van der Waals surface area contributed by atoms with Gasteiger partial charge in [-0.25, -0.2) is 0 Å². The minimum Gasteiger partial charge on any atom is -0.360 e. The molecule has 3 nitrogen and oxygen atoms in total. The molecule has 0 aliphatic carbocycles. The lowest BCUT2D eigenvalue weighted by Gasteiger charge is -2.04. The lowest BCUT2D eigenvalue weighted by Crippen LogP contribution is -2.12. The van der Waals surface area contributed by atoms with Crippen LogP contribution in [0.4, 0.5) is 0 Å². The molecule has 0 saturated heterocycles. The molecule has 0 atom stereocenters. The summed E-state index contributed by atoms with van der Waals surface area (Å²) < 4.78 is 5.09. The largest absolute Gasteiger partial charge is 0.360 e. The molecular formula is C12H13ClN2O. The first-order valence-electron chi connectivity index (χ1n) is 5.12. The molecule has 0 saturated carbocycles. The van der Waals surface area contributed by atoms with E-state index in [-0.39, 0.29) is 0 Å². The van der Waals surface area contributed by atoms with Crippen molar-refractivity contribution >= 4 is 11.6 Å². The van der Waals surface area contributed by atoms with E-state index < -0.39 is 0 Å². The molecule has 2 aromatic rings. The van der Waals surface area contributed by atoms with Gasteiger partial charge in [0.15, 0.2) is 5.76 Å². The summed E-state index contributed by atoms with van der Waals surface area (Å²) in [5.41, 5.74) is 1.98. The number of aryl methyl sites for hydroxylation is 1. The van der Waals surface area contributed by atoms with Gasteiger partial charge in [0.2, 0.25) is 0 Å². The van der Waals surface area contributed by atoms with Crippen molar-refractivity contribution in [2.75, 3.05) is 0 Å². The van der Waals surface area contributed by atoms with Crippen molar-refractivity contribution in [3.05, 3.63) is 52.4 Å². The number of benzene rings is 1. The lowest BCUT2D eigenvalue weighted by molar-refractivity contribution is 0.369. The van der Waals surface area contributed by atoms with Crippen LogP contribution in [0.5, 0.6) is 0 Å². The number of nitrogens with one attached hydrogen (secondary N) is 1. The van der Waals surface area contributed by atoms with Crippen molar-refractivity contribution in [1.29, 1.82) is 0 Å². The van der Waals surface area contributed by atoms with E-state index >= 15 is 0 Å². The SMILES string of the molecule is Cc1cc(CNCc2ccccc2Cl)on1. The van der Waals surface area contributed by atoms with Gasteiger partial charge >= 0.3 is 0 Å². The lowest BCUT2D eigenvalue weighted by atomic mass is 10.2. The molecule has 0 bridgehead atoms. The molecule has 0 spiro atoms. The van der Waals surface area contributed by atoms with Crippen molar-refractivity contribution in [3.63, 3.8) is 0 Å². The summed E-state index contributed by atoms with van der Waals surface area (Å²) in [7, 11) is 0. The Balaban J connectivity index is 1.87. The quantitative estimate of drug-likeness (QED) is 0.887. The zero-order valence-corrected chi connectivity index (χ0v) is 9.79. The first kappa shape index (κ1) is 11.2. The normalized spacial score (nSPS) is 10.6. The Morgan fingerprint density at radius 1 is 1.31 bits per heavy atom. The van der Waals surface area contributed by atoms with E-state index in [0.717, 1.165) is 28.6 Å². The van der Waals surface area contributed by atoms with Gasteiger partial charge in [0, 0.05) is 17.6 Å². The van der Waals surface area contributed by atoms with Crippen LogP contribution in [0.3, 0.4) is 0 Å². The van der Waals surface area contributed by atoms with Crippen LogP contribution in [0.1, 0.15) is 17.0 Å². The second-order valence-corrected chi connectivity index (χ2v) is 4.04. The number of hydrogen-bond acceptors (Lipinski definition) is 3. The van der Waals surface area contributed by atoms with Crippen molar-refractivity contribution in [2.24, 2.45) is 0 Å². The molecule has 2 rings (SSSR count). The number of hydrogen-bond donors (Lipinski definition) is 1. The predicted molar refractivity (Wildman–Crippen MR) is 63.2 cm³/mol. The maximum atomic E-state index is 6.03. The van der Waals surface area contributed by atoms with E-state index in [9.17, 15) is 0 Å². The Labute approximate surface area is 99.4 Å². The van der Waals surface area contributed by atoms with E-state index in [2.05, 4.69) is 10.5 Å². The van der Waals surface area contributed by atoms with Gasteiger partial charge in [-0.15, -0.1) is 0 Å². The van der Waals surface area contributed by atoms with Gasteiger partial charge in [-0.3, -0.25) is 0 Å². The van der Waals surface area contributed by atoms with Crippen LogP contribution < -0.4 is 5.32 Å². The number of rotatable bonds is 4. The highest BCUT2D eigenvalue weighted by molar-refractivity contribution is 6.31. The number of nitrogens with zero attached hydrogens (tertiary/aromatic N) is 1. The van der Waals surface area contributed by atoms with Crippen molar-refractivity contribution in [1.82, 2.24) is 10.5 Å². The molecule has 1 N–H and O–H groups in total. The predicted octanol–water partition coefficient (Wildman–Crippen LogP) is 2.93. The third kappa shape index (κ3) is 2.84. The summed E-state index contributed by atoms with van der Waals surface area (Å²) in [6.45, 7) is 3.28. The Morgan fingerprint density at radius 3 is 2.81 bits per heavy atom. The molecule has 16 heavy (non-hydrogen) atoms. The van der Waals surface area contributed by atoms with Crippen molar-refractivity contribution in [2.45, 2.75) is 20.0 Å². The highest BCUT2D eigenvalue weighted by Crippen LogP contribution is 2.14. The standard InChI is InChI=1S/C12H13ClN2O/c1-9-6-11(16-15-9)8-14-7-10-4-2-3-5-12(10)13/h2-6,14H,7-8H2,1H3. The molecule has 4 heteroatoms. The van der Waals surface area contributed by atoms with E-state index in [1.807, 2.05) is 37.3 Å². The number of aromatic nitrogens is 1. The van der Waals surface area contributed by atoms with Crippen LogP contribution in [0.25, 0.3) is 0 Å². The van der Waals surface area contributed by atoms with E-state index in [0.29, 0.717) is 6.54 Å². The molecule has 1 aromatic carbocycles. The second-order valence-electron chi connectivity index (χ2n) is 3.63. The average molecular weight is 237 g/mol. The van der Waals surface area contributed by atoms with E-state index in [1.165, 1.54) is 0 Å². The molecule has 0 radical (unpaired) electrons. The zero-order chi connectivity index (χ0) is 11.4. The monoisotopic (exact) mass is 236 g/mol. The van der Waals surface area contributed by atoms with Crippen LogP contribution in [0.2, 0.25) is 5.02 Å². The summed E-state index contributed by atoms with van der Waals surface area (Å²) in [5.74, 6) is 0.838. The Hall–Kier alpha value is -1.32. The molecule has 0 aliphatic rings. The maximum Gasteiger partial charge on any atom is 0.150 e. The van der Waals surface area contributed by atoms with Crippen LogP contribution >= 0.6 is 11.6 Å². The van der Waals surface area contributed by atoms with Gasteiger partial charge in [-0.05, 0) is 18.6 Å². The fourth-order valence-electron chi connectivity index (χ4n) is 1.46. The summed E-state index contributed by atoms with van der Waals surface area (Å²) in [5, 5.41) is 7.85. The minimum absolute atomic E-state index is 0.659. The molecule has 0 fully saturated rings. The molecule has 1 aromatic heterocycles. The Kier molecular flexibility index (Phi) is 3.59. The van der Waals surface area contributed by atoms with Gasteiger partial charge in [0.05, 0.1) is 12.2 Å². The van der Waals surface area contributed by atoms with Crippen molar-refractivity contribution in [3.8, 4) is 0 Å². The van der Waals surface area contributed by atoms with Gasteiger partial charge in [0.1, 0.15) is 0 Å². The third-order valence-corrected chi connectivity index (χ3v) is 2.62. The maximum absolute atomic E-state index is 6.03. The minimum atomic E-state index is 0.659. The molecule has 1 heterocycles. The van der Waals surface area contributed by atoms with Crippen molar-refractivity contribution < 1.29 is 4.52 Å². The smallest absolute Gasteiger partial charge is 0.150 e. The van der Waals surface area contributed by atoms with Crippen LogP contribution in [-0.2, 0) is 13.1 Å². The summed E-state index contributed by atoms with van der Waals surface area (Å²) in [6.07, 6.45) is 0. The fraction of sp³-hybridized carbons (Fsp3) is 0.250. The topological polar surface area (TPSA) is 38.1 Å². The van der Waals surface area contributed by atoms with E-state index in [1.54, 1.807) is 0 Å². The van der Waals surface area contributed by atoms with Gasteiger partial charge in [-0.1, -0.05) is 35.0 Å². The van der Waals surface area contributed by atoms with Gasteiger partial charge in [-0.2, -0.15) is 0 Å². The summed E-state index contributed by atoms with van der Waals surface area (Å²) in [6, 6.07) is 9.70. The van der Waals surface area contributed by atoms with Gasteiger partial charge < -0.3 is 9.84 Å². The second kappa shape index (κ2) is 5.14. The van der Waals surface area contributed by atoms with Gasteiger partial charge in [0.25, 0.3) is 0 Å². The Bertz CT molecular complexity index is 468. The Morgan fingerprint density at radius 2 is 2.12 bits per heavy atom. The first-order chi connectivity index (χ1) is 7.75. The molecule has 84 valence electrons. The van der Waals surface area contributed by atoms with E-state index in [4.69, 9.17) is 16.1 Å². The molecule has 0 aliphatic heterocycles. The fourth-order valence-corrected chi connectivity index (χ4v) is 1.66. The zero-order valence-electron chi connectivity index (χ0n) is 9.03. The first-order valence-corrected chi connectivity index (χ1v) is 5.50. The highest BCUT2D eigenvalue weighted by Gasteiger charge is 2.01. The summed E-state index contributed by atoms with van der Waals surface area (Å²) in [4.78, 5) is 0. The van der Waals surface area contributed by atoms with Crippen LogP contribution in [0.15, 0.2) is 34.9 Å². The molecule has 0 amide bonds. The highest BCUT2D eigenvalue weighted by atomic mass is 35.5.